The lowest BCUT2D eigenvalue weighted by Crippen LogP contribution is -2.25. The fourth-order valence-corrected chi connectivity index (χ4v) is 1.56. The van der Waals surface area contributed by atoms with Crippen LogP contribution in [0.3, 0.4) is 0 Å². The Hall–Kier alpha value is -1.49. The van der Waals surface area contributed by atoms with Crippen molar-refractivity contribution >= 4 is 34.0 Å². The summed E-state index contributed by atoms with van der Waals surface area (Å²) in [4.78, 5) is 33.8. The van der Waals surface area contributed by atoms with Gasteiger partial charge in [0.2, 0.25) is 0 Å². The van der Waals surface area contributed by atoms with Gasteiger partial charge in [-0.3, -0.25) is 4.79 Å². The summed E-state index contributed by atoms with van der Waals surface area (Å²) >= 11 is 3.24. The molecule has 1 aromatic carbocycles. The van der Waals surface area contributed by atoms with E-state index in [-0.39, 0.29) is 6.61 Å². The molecular weight excluding hydrogens is 288 g/mol. The standard InChI is InChI=1S/C12H11BrO4/c1-2-17-12(16)11(15)10(7-14)8-3-5-9(13)6-4-8/h3-7,10H,2H2,1H3. The van der Waals surface area contributed by atoms with Crippen LogP contribution in [0.25, 0.3) is 0 Å². The van der Waals surface area contributed by atoms with Crippen LogP contribution in [0.2, 0.25) is 0 Å². The van der Waals surface area contributed by atoms with Gasteiger partial charge in [-0.15, -0.1) is 0 Å². The van der Waals surface area contributed by atoms with E-state index in [1.165, 1.54) is 0 Å². The predicted molar refractivity (Wildman–Crippen MR) is 64.6 cm³/mol. The number of Topliss-reactive ketones (excluding diaryl/α,β-unsaturated/α-hetero) is 1. The molecule has 90 valence electrons. The van der Waals surface area contributed by atoms with Gasteiger partial charge >= 0.3 is 5.97 Å². The first-order valence-corrected chi connectivity index (χ1v) is 5.81. The van der Waals surface area contributed by atoms with Gasteiger partial charge in [0.05, 0.1) is 6.61 Å². The molecule has 17 heavy (non-hydrogen) atoms. The van der Waals surface area contributed by atoms with Crippen molar-refractivity contribution < 1.29 is 19.1 Å². The summed E-state index contributed by atoms with van der Waals surface area (Å²) in [6, 6.07) is 6.62. The molecule has 0 aliphatic carbocycles. The van der Waals surface area contributed by atoms with Gasteiger partial charge in [-0.05, 0) is 24.6 Å². The first-order chi connectivity index (χ1) is 8.10. The molecule has 4 nitrogen and oxygen atoms in total. The zero-order valence-electron chi connectivity index (χ0n) is 9.18. The number of ether oxygens (including phenoxy) is 1. The molecule has 0 aliphatic rings. The SMILES string of the molecule is CCOC(=O)C(=O)C(C=O)c1ccc(Br)cc1. The van der Waals surface area contributed by atoms with E-state index in [1.54, 1.807) is 31.2 Å². The van der Waals surface area contributed by atoms with Gasteiger partial charge in [0, 0.05) is 4.47 Å². The lowest BCUT2D eigenvalue weighted by atomic mass is 9.96. The Labute approximate surface area is 107 Å². The summed E-state index contributed by atoms with van der Waals surface area (Å²) < 4.78 is 5.40. The third-order valence-corrected chi connectivity index (χ3v) is 2.65. The number of halogens is 1. The number of benzene rings is 1. The monoisotopic (exact) mass is 298 g/mol. The number of ketones is 1. The fourth-order valence-electron chi connectivity index (χ4n) is 1.29. The molecule has 0 fully saturated rings. The summed E-state index contributed by atoms with van der Waals surface area (Å²) in [5.41, 5.74) is 0.473. The highest BCUT2D eigenvalue weighted by molar-refractivity contribution is 9.10. The fraction of sp³-hybridized carbons (Fsp3) is 0.250. The van der Waals surface area contributed by atoms with E-state index < -0.39 is 17.7 Å². The van der Waals surface area contributed by atoms with Crippen LogP contribution in [0.5, 0.6) is 0 Å². The lowest BCUT2D eigenvalue weighted by molar-refractivity contribution is -0.154. The number of carbonyl (C=O) groups is 3. The molecule has 0 N–H and O–H groups in total. The van der Waals surface area contributed by atoms with Crippen molar-refractivity contribution in [1.29, 1.82) is 0 Å². The summed E-state index contributed by atoms with van der Waals surface area (Å²) in [6.07, 6.45) is 0.447. The number of esters is 1. The smallest absolute Gasteiger partial charge is 0.375 e. The van der Waals surface area contributed by atoms with Crippen LogP contribution in [-0.2, 0) is 19.1 Å². The topological polar surface area (TPSA) is 60.4 Å². The quantitative estimate of drug-likeness (QED) is 0.360. The van der Waals surface area contributed by atoms with E-state index in [9.17, 15) is 14.4 Å². The molecule has 0 saturated heterocycles. The van der Waals surface area contributed by atoms with Crippen LogP contribution >= 0.6 is 15.9 Å². The molecule has 0 heterocycles. The zero-order valence-corrected chi connectivity index (χ0v) is 10.8. The van der Waals surface area contributed by atoms with Crippen LogP contribution in [0, 0.1) is 0 Å². The first-order valence-electron chi connectivity index (χ1n) is 5.01. The highest BCUT2D eigenvalue weighted by Crippen LogP contribution is 2.18. The maximum Gasteiger partial charge on any atom is 0.375 e. The Balaban J connectivity index is 2.91. The number of rotatable bonds is 5. The maximum atomic E-state index is 11.6. The Bertz CT molecular complexity index is 425. The van der Waals surface area contributed by atoms with Gasteiger partial charge in [-0.1, -0.05) is 28.1 Å². The van der Waals surface area contributed by atoms with Gasteiger partial charge in [0.15, 0.2) is 0 Å². The largest absolute Gasteiger partial charge is 0.460 e. The minimum atomic E-state index is -1.10. The molecule has 0 amide bonds. The number of hydrogen-bond donors (Lipinski definition) is 0. The third-order valence-electron chi connectivity index (χ3n) is 2.12. The average Bonchev–Trinajstić information content (AvgIpc) is 2.32. The van der Waals surface area contributed by atoms with Crippen molar-refractivity contribution in [1.82, 2.24) is 0 Å². The Morgan fingerprint density at radius 3 is 2.41 bits per heavy atom. The molecule has 0 radical (unpaired) electrons. The second kappa shape index (κ2) is 6.30. The van der Waals surface area contributed by atoms with Crippen molar-refractivity contribution in [2.75, 3.05) is 6.61 Å². The Kier molecular flexibility index (Phi) is 5.03. The van der Waals surface area contributed by atoms with Crippen LogP contribution < -0.4 is 0 Å². The highest BCUT2D eigenvalue weighted by Gasteiger charge is 2.27. The van der Waals surface area contributed by atoms with Gasteiger partial charge < -0.3 is 9.53 Å². The van der Waals surface area contributed by atoms with Crippen LogP contribution in [0.1, 0.15) is 18.4 Å². The molecule has 5 heteroatoms. The second-order valence-corrected chi connectivity index (χ2v) is 4.17. The summed E-state index contributed by atoms with van der Waals surface area (Å²) in [6.45, 7) is 1.71. The summed E-state index contributed by atoms with van der Waals surface area (Å²) in [7, 11) is 0. The molecule has 0 saturated carbocycles. The summed E-state index contributed by atoms with van der Waals surface area (Å²) in [5.74, 6) is -2.92. The highest BCUT2D eigenvalue weighted by atomic mass is 79.9. The van der Waals surface area contributed by atoms with E-state index in [1.807, 2.05) is 0 Å². The average molecular weight is 299 g/mol. The van der Waals surface area contributed by atoms with Crippen molar-refractivity contribution in [2.45, 2.75) is 12.8 Å². The van der Waals surface area contributed by atoms with E-state index in [0.29, 0.717) is 11.8 Å². The second-order valence-electron chi connectivity index (χ2n) is 3.25. The van der Waals surface area contributed by atoms with Crippen molar-refractivity contribution in [3.05, 3.63) is 34.3 Å². The lowest BCUT2D eigenvalue weighted by Gasteiger charge is -2.08. The van der Waals surface area contributed by atoms with Crippen LogP contribution in [0.4, 0.5) is 0 Å². The molecule has 0 aliphatic heterocycles. The van der Waals surface area contributed by atoms with E-state index >= 15 is 0 Å². The molecule has 0 aromatic heterocycles. The van der Waals surface area contributed by atoms with Crippen molar-refractivity contribution in [3.8, 4) is 0 Å². The van der Waals surface area contributed by atoms with E-state index in [0.717, 1.165) is 4.47 Å². The normalized spacial score (nSPS) is 11.6. The third kappa shape index (κ3) is 3.49. The van der Waals surface area contributed by atoms with Gasteiger partial charge in [-0.25, -0.2) is 4.79 Å². The molecular formula is C12H11BrO4. The Morgan fingerprint density at radius 2 is 1.94 bits per heavy atom. The van der Waals surface area contributed by atoms with Crippen LogP contribution in [-0.4, -0.2) is 24.6 Å². The minimum absolute atomic E-state index is 0.108. The maximum absolute atomic E-state index is 11.6. The van der Waals surface area contributed by atoms with Crippen molar-refractivity contribution in [3.63, 3.8) is 0 Å². The van der Waals surface area contributed by atoms with Crippen LogP contribution in [0.15, 0.2) is 28.7 Å². The van der Waals surface area contributed by atoms with Gasteiger partial charge in [0.25, 0.3) is 5.78 Å². The Morgan fingerprint density at radius 1 is 1.35 bits per heavy atom. The van der Waals surface area contributed by atoms with Crippen molar-refractivity contribution in [2.24, 2.45) is 0 Å². The first kappa shape index (κ1) is 13.6. The molecule has 1 unspecified atom stereocenters. The molecule has 1 aromatic rings. The number of aldehydes is 1. The predicted octanol–water partition coefficient (Wildman–Crippen LogP) is 1.86. The molecule has 1 rings (SSSR count). The summed E-state index contributed by atoms with van der Waals surface area (Å²) in [5, 5.41) is 0. The van der Waals surface area contributed by atoms with E-state index in [4.69, 9.17) is 0 Å². The zero-order chi connectivity index (χ0) is 12.8. The molecule has 0 bridgehead atoms. The molecule has 1 atom stereocenters. The minimum Gasteiger partial charge on any atom is -0.460 e. The molecule has 0 spiro atoms. The van der Waals surface area contributed by atoms with Gasteiger partial charge in [0.1, 0.15) is 12.2 Å². The van der Waals surface area contributed by atoms with Gasteiger partial charge in [-0.2, -0.15) is 0 Å². The number of hydrogen-bond acceptors (Lipinski definition) is 4. The van der Waals surface area contributed by atoms with E-state index in [2.05, 4.69) is 20.7 Å². The number of carbonyl (C=O) groups excluding carboxylic acids is 3.